The summed E-state index contributed by atoms with van der Waals surface area (Å²) in [5.41, 5.74) is 3.64. The Kier molecular flexibility index (Phi) is 5.33. The predicted molar refractivity (Wildman–Crippen MR) is 121 cm³/mol. The molecular formula is C25H25ClF2N2O. The average molecular weight is 443 g/mol. The summed E-state index contributed by atoms with van der Waals surface area (Å²) >= 11 is 6.63. The molecular weight excluding hydrogens is 418 g/mol. The first kappa shape index (κ1) is 20.6. The van der Waals surface area contributed by atoms with Crippen LogP contribution in [0.2, 0.25) is 5.02 Å². The maximum absolute atomic E-state index is 14.4. The molecule has 0 N–H and O–H groups in total. The zero-order valence-electron chi connectivity index (χ0n) is 17.6. The first-order chi connectivity index (χ1) is 15.0. The first-order valence-electron chi connectivity index (χ1n) is 11.1. The average Bonchev–Trinajstić information content (AvgIpc) is 3.06. The Morgan fingerprint density at radius 1 is 1.06 bits per heavy atom. The fourth-order valence-electron chi connectivity index (χ4n) is 5.08. The lowest BCUT2D eigenvalue weighted by molar-refractivity contribution is -0.0449. The van der Waals surface area contributed by atoms with Gasteiger partial charge in [0.25, 0.3) is 0 Å². The summed E-state index contributed by atoms with van der Waals surface area (Å²) in [6, 6.07) is 7.32. The highest BCUT2D eigenvalue weighted by atomic mass is 35.5. The van der Waals surface area contributed by atoms with Crippen molar-refractivity contribution in [1.29, 1.82) is 0 Å². The van der Waals surface area contributed by atoms with Gasteiger partial charge in [-0.2, -0.15) is 0 Å². The van der Waals surface area contributed by atoms with Crippen molar-refractivity contribution >= 4 is 28.7 Å². The smallest absolute Gasteiger partial charge is 0.143 e. The van der Waals surface area contributed by atoms with Crippen LogP contribution < -0.4 is 0 Å². The second-order valence-corrected chi connectivity index (χ2v) is 9.45. The molecule has 1 spiro atoms. The summed E-state index contributed by atoms with van der Waals surface area (Å²) in [4.78, 5) is 10.8. The molecule has 1 unspecified atom stereocenters. The van der Waals surface area contributed by atoms with E-state index < -0.39 is 11.6 Å². The summed E-state index contributed by atoms with van der Waals surface area (Å²) in [5, 5.41) is 4.83. The maximum Gasteiger partial charge on any atom is 0.143 e. The molecule has 0 aromatic heterocycles. The van der Waals surface area contributed by atoms with Crippen molar-refractivity contribution in [3.8, 4) is 11.1 Å². The SMILES string of the molecule is CC1CCC(C2=NOC3(CCCCC3)C2)=Nc2c(Cl)cc(-c3c(F)cccc3F)cc21. The van der Waals surface area contributed by atoms with Gasteiger partial charge >= 0.3 is 0 Å². The van der Waals surface area contributed by atoms with E-state index in [0.29, 0.717) is 16.3 Å². The molecule has 3 nitrogen and oxygen atoms in total. The Balaban J connectivity index is 1.52. The zero-order chi connectivity index (χ0) is 21.6. The fraction of sp³-hybridized carbons (Fsp3) is 0.440. The van der Waals surface area contributed by atoms with Gasteiger partial charge in [0.15, 0.2) is 0 Å². The van der Waals surface area contributed by atoms with Gasteiger partial charge in [-0.05, 0) is 79.8 Å². The van der Waals surface area contributed by atoms with E-state index in [0.717, 1.165) is 49.1 Å². The van der Waals surface area contributed by atoms with Crippen molar-refractivity contribution in [3.05, 3.63) is 52.6 Å². The second-order valence-electron chi connectivity index (χ2n) is 9.04. The van der Waals surface area contributed by atoms with Gasteiger partial charge in [-0.15, -0.1) is 0 Å². The Hall–Kier alpha value is -2.27. The minimum Gasteiger partial charge on any atom is -0.389 e. The molecule has 1 atom stereocenters. The van der Waals surface area contributed by atoms with E-state index in [1.165, 1.54) is 37.5 Å². The number of hydrogen-bond acceptors (Lipinski definition) is 3. The molecule has 2 aromatic rings. The summed E-state index contributed by atoms with van der Waals surface area (Å²) in [7, 11) is 0. The van der Waals surface area contributed by atoms with Crippen LogP contribution in [-0.4, -0.2) is 17.0 Å². The Morgan fingerprint density at radius 3 is 2.55 bits per heavy atom. The topological polar surface area (TPSA) is 34.0 Å². The molecule has 162 valence electrons. The number of hydrogen-bond donors (Lipinski definition) is 0. The summed E-state index contributed by atoms with van der Waals surface area (Å²) in [6.07, 6.45) is 8.12. The molecule has 2 heterocycles. The van der Waals surface area contributed by atoms with E-state index in [9.17, 15) is 8.78 Å². The number of rotatable bonds is 2. The summed E-state index contributed by atoms with van der Waals surface area (Å²) in [5.74, 6) is -1.05. The Bertz CT molecular complexity index is 1070. The number of benzene rings is 2. The lowest BCUT2D eigenvalue weighted by atomic mass is 9.81. The largest absolute Gasteiger partial charge is 0.389 e. The van der Waals surface area contributed by atoms with E-state index in [1.807, 2.05) is 6.07 Å². The molecule has 0 radical (unpaired) electrons. The molecule has 0 saturated heterocycles. The normalized spacial score (nSPS) is 22.4. The van der Waals surface area contributed by atoms with Crippen molar-refractivity contribution in [2.24, 2.45) is 10.1 Å². The van der Waals surface area contributed by atoms with Crippen molar-refractivity contribution in [2.45, 2.75) is 69.8 Å². The van der Waals surface area contributed by atoms with Crippen LogP contribution in [-0.2, 0) is 4.84 Å². The quantitative estimate of drug-likeness (QED) is 0.468. The lowest BCUT2D eigenvalue weighted by Crippen LogP contribution is -2.32. The Morgan fingerprint density at radius 2 is 1.81 bits per heavy atom. The van der Waals surface area contributed by atoms with Crippen molar-refractivity contribution in [1.82, 2.24) is 0 Å². The van der Waals surface area contributed by atoms with Crippen LogP contribution in [0.5, 0.6) is 0 Å². The van der Waals surface area contributed by atoms with Gasteiger partial charge in [-0.3, -0.25) is 0 Å². The second kappa shape index (κ2) is 8.01. The standard InChI is InChI=1S/C25H25ClF2N2O/c1-15-8-9-21(22-14-25(31-30-22)10-3-2-4-11-25)29-24-17(15)12-16(13-18(24)26)23-19(27)6-5-7-20(23)28/h5-7,12-13,15H,2-4,8-11,14H2,1H3. The van der Waals surface area contributed by atoms with Gasteiger partial charge in [0, 0.05) is 6.42 Å². The molecule has 1 fully saturated rings. The number of nitrogens with zero attached hydrogens (tertiary/aromatic N) is 2. The highest BCUT2D eigenvalue weighted by molar-refractivity contribution is 6.44. The molecule has 5 rings (SSSR count). The van der Waals surface area contributed by atoms with Gasteiger partial charge < -0.3 is 4.84 Å². The van der Waals surface area contributed by atoms with Crippen LogP contribution in [0.1, 0.15) is 69.8 Å². The highest BCUT2D eigenvalue weighted by Crippen LogP contribution is 2.44. The van der Waals surface area contributed by atoms with Gasteiger partial charge in [0.2, 0.25) is 0 Å². The van der Waals surface area contributed by atoms with Crippen molar-refractivity contribution < 1.29 is 13.6 Å². The minimum atomic E-state index is -0.600. The number of fused-ring (bicyclic) bond motifs is 1. The van der Waals surface area contributed by atoms with E-state index in [2.05, 4.69) is 12.1 Å². The molecule has 1 aliphatic carbocycles. The van der Waals surface area contributed by atoms with Crippen molar-refractivity contribution in [3.63, 3.8) is 0 Å². The number of oxime groups is 1. The third-order valence-electron chi connectivity index (χ3n) is 6.87. The summed E-state index contributed by atoms with van der Waals surface area (Å²) < 4.78 is 28.8. The van der Waals surface area contributed by atoms with Crippen LogP contribution in [0.25, 0.3) is 11.1 Å². The van der Waals surface area contributed by atoms with Gasteiger partial charge in [0.1, 0.15) is 22.9 Å². The van der Waals surface area contributed by atoms with E-state index in [-0.39, 0.29) is 17.1 Å². The number of halogens is 3. The third kappa shape index (κ3) is 3.78. The third-order valence-corrected chi connectivity index (χ3v) is 7.16. The molecule has 0 bridgehead atoms. The maximum atomic E-state index is 14.4. The predicted octanol–water partition coefficient (Wildman–Crippen LogP) is 7.73. The van der Waals surface area contributed by atoms with Gasteiger partial charge in [-0.1, -0.05) is 36.2 Å². The molecule has 6 heteroatoms. The monoisotopic (exact) mass is 442 g/mol. The van der Waals surface area contributed by atoms with Crippen LogP contribution in [0.3, 0.4) is 0 Å². The van der Waals surface area contributed by atoms with E-state index in [1.54, 1.807) is 6.07 Å². The molecule has 31 heavy (non-hydrogen) atoms. The van der Waals surface area contributed by atoms with Crippen LogP contribution in [0, 0.1) is 11.6 Å². The van der Waals surface area contributed by atoms with Gasteiger partial charge in [-0.25, -0.2) is 13.8 Å². The summed E-state index contributed by atoms with van der Waals surface area (Å²) in [6.45, 7) is 2.10. The fourth-order valence-corrected chi connectivity index (χ4v) is 5.35. The minimum absolute atomic E-state index is 0.0549. The van der Waals surface area contributed by atoms with Crippen molar-refractivity contribution in [2.75, 3.05) is 0 Å². The van der Waals surface area contributed by atoms with Gasteiger partial charge in [0.05, 0.1) is 22.0 Å². The highest BCUT2D eigenvalue weighted by Gasteiger charge is 2.41. The van der Waals surface area contributed by atoms with Crippen LogP contribution in [0.15, 0.2) is 40.5 Å². The van der Waals surface area contributed by atoms with E-state index in [4.69, 9.17) is 21.4 Å². The van der Waals surface area contributed by atoms with Crippen LogP contribution in [0.4, 0.5) is 14.5 Å². The molecule has 3 aliphatic rings. The molecule has 1 saturated carbocycles. The first-order valence-corrected chi connectivity index (χ1v) is 11.4. The lowest BCUT2D eigenvalue weighted by Gasteiger charge is -2.30. The molecule has 0 amide bonds. The van der Waals surface area contributed by atoms with E-state index >= 15 is 0 Å². The Labute approximate surface area is 186 Å². The van der Waals surface area contributed by atoms with Crippen LogP contribution >= 0.6 is 11.6 Å². The molecule has 2 aromatic carbocycles. The number of aliphatic imine (C=N–C) groups is 1. The molecule has 2 aliphatic heterocycles. The zero-order valence-corrected chi connectivity index (χ0v) is 18.3.